The summed E-state index contributed by atoms with van der Waals surface area (Å²) in [5.74, 6) is -6.08. The molecule has 0 amide bonds. The maximum Gasteiger partial charge on any atom is 0.202 e. The highest BCUT2D eigenvalue weighted by molar-refractivity contribution is 6.24. The number of Topliss-reactive ketones (excluding diaryl/α,β-unsaturated/α-hetero) is 3. The number of aliphatic hydroxyl groups is 3. The highest BCUT2D eigenvalue weighted by Gasteiger charge is 2.63. The van der Waals surface area contributed by atoms with E-state index in [0.717, 1.165) is 49.3 Å². The van der Waals surface area contributed by atoms with Crippen molar-refractivity contribution in [2.75, 3.05) is 0 Å². The first-order valence-electron chi connectivity index (χ1n) is 15.0. The van der Waals surface area contributed by atoms with E-state index in [0.29, 0.717) is 12.0 Å². The van der Waals surface area contributed by atoms with Crippen LogP contribution in [0, 0.1) is 29.6 Å². The van der Waals surface area contributed by atoms with Crippen LogP contribution < -0.4 is 0 Å². The van der Waals surface area contributed by atoms with Crippen molar-refractivity contribution >= 4 is 28.7 Å². The lowest BCUT2D eigenvalue weighted by atomic mass is 9.54. The molecule has 220 valence electrons. The summed E-state index contributed by atoms with van der Waals surface area (Å²) in [6, 6.07) is 1.98. The van der Waals surface area contributed by atoms with Crippen molar-refractivity contribution in [3.05, 3.63) is 51.8 Å². The van der Waals surface area contributed by atoms with Crippen LogP contribution in [-0.4, -0.2) is 43.4 Å². The fourth-order valence-electron chi connectivity index (χ4n) is 8.11. The van der Waals surface area contributed by atoms with Gasteiger partial charge >= 0.3 is 0 Å². The molecule has 0 aliphatic heterocycles. The largest absolute Gasteiger partial charge is 0.508 e. The quantitative estimate of drug-likeness (QED) is 0.318. The number of aromatic hydroxyl groups is 1. The number of benzene rings is 1. The molecule has 1 aromatic carbocycles. The number of hydrogen-bond donors (Lipinski definition) is 4. The van der Waals surface area contributed by atoms with E-state index in [4.69, 9.17) is 0 Å². The molecule has 5 rings (SSSR count). The maximum atomic E-state index is 14.2. The van der Waals surface area contributed by atoms with Gasteiger partial charge in [-0.3, -0.25) is 14.4 Å². The lowest BCUT2D eigenvalue weighted by molar-refractivity contribution is -0.155. The third-order valence-corrected chi connectivity index (χ3v) is 10.2. The minimum absolute atomic E-state index is 0.0533. The molecule has 4 atom stereocenters. The third-order valence-electron chi connectivity index (χ3n) is 10.2. The first-order valence-corrected chi connectivity index (χ1v) is 15.0. The summed E-state index contributed by atoms with van der Waals surface area (Å²) >= 11 is 0. The molecule has 0 bridgehead atoms. The number of hydrogen-bond acceptors (Lipinski definition) is 7. The number of phenolic OH excluding ortho intramolecular Hbond substituents is 1. The van der Waals surface area contributed by atoms with Crippen LogP contribution in [0.1, 0.15) is 101 Å². The van der Waals surface area contributed by atoms with Gasteiger partial charge < -0.3 is 20.4 Å². The van der Waals surface area contributed by atoms with Gasteiger partial charge in [-0.15, -0.1) is 0 Å². The summed E-state index contributed by atoms with van der Waals surface area (Å²) in [6.45, 7) is 13.1. The monoisotopic (exact) mass is 562 g/mol. The van der Waals surface area contributed by atoms with Crippen molar-refractivity contribution in [2.24, 2.45) is 29.6 Å². The second kappa shape index (κ2) is 10.3. The van der Waals surface area contributed by atoms with Crippen LogP contribution in [0.3, 0.4) is 0 Å². The predicted octanol–water partition coefficient (Wildman–Crippen LogP) is 6.13. The molecule has 0 heterocycles. The Labute approximate surface area is 241 Å². The van der Waals surface area contributed by atoms with E-state index in [-0.39, 0.29) is 41.1 Å². The van der Waals surface area contributed by atoms with Gasteiger partial charge in [-0.25, -0.2) is 0 Å². The summed E-state index contributed by atoms with van der Waals surface area (Å²) in [4.78, 5) is 40.0. The van der Waals surface area contributed by atoms with E-state index < -0.39 is 57.8 Å². The zero-order valence-electron chi connectivity index (χ0n) is 24.7. The highest BCUT2D eigenvalue weighted by atomic mass is 16.3. The molecule has 3 unspecified atom stereocenters. The molecule has 4 N–H and O–H groups in total. The first-order chi connectivity index (χ1) is 19.2. The summed E-state index contributed by atoms with van der Waals surface area (Å²) in [5, 5.41) is 46.4. The molecule has 4 aliphatic rings. The van der Waals surface area contributed by atoms with Crippen LogP contribution in [0.15, 0.2) is 29.6 Å². The van der Waals surface area contributed by atoms with Crippen LogP contribution >= 0.6 is 0 Å². The smallest absolute Gasteiger partial charge is 0.202 e. The number of aliphatic hydroxyl groups excluding tert-OH is 2. The molecule has 1 aromatic rings. The molecule has 41 heavy (non-hydrogen) atoms. The lowest BCUT2D eigenvalue weighted by Gasteiger charge is -2.50. The van der Waals surface area contributed by atoms with Gasteiger partial charge in [0.15, 0.2) is 17.2 Å². The van der Waals surface area contributed by atoms with Crippen molar-refractivity contribution in [3.63, 3.8) is 0 Å². The van der Waals surface area contributed by atoms with Gasteiger partial charge in [-0.2, -0.15) is 0 Å². The molecule has 4 aliphatic carbocycles. The van der Waals surface area contributed by atoms with Gasteiger partial charge in [0.2, 0.25) is 5.78 Å². The first kappa shape index (κ1) is 29.3. The second-order valence-corrected chi connectivity index (χ2v) is 13.2. The number of carbonyl (C=O) groups is 3. The number of rotatable bonds is 5. The van der Waals surface area contributed by atoms with E-state index in [9.17, 15) is 34.8 Å². The molecular formula is C34H42O7. The van der Waals surface area contributed by atoms with Crippen LogP contribution in [0.25, 0.3) is 11.3 Å². The van der Waals surface area contributed by atoms with Gasteiger partial charge in [0, 0.05) is 23.0 Å². The average Bonchev–Trinajstić information content (AvgIpc) is 2.90. The zero-order chi connectivity index (χ0) is 30.1. The van der Waals surface area contributed by atoms with Gasteiger partial charge in [0.1, 0.15) is 22.8 Å². The molecule has 2 fully saturated rings. The van der Waals surface area contributed by atoms with Crippen molar-refractivity contribution in [3.8, 4) is 5.75 Å². The minimum atomic E-state index is -2.53. The third kappa shape index (κ3) is 4.22. The summed E-state index contributed by atoms with van der Waals surface area (Å²) in [7, 11) is 0. The molecule has 0 saturated heterocycles. The van der Waals surface area contributed by atoms with Crippen LogP contribution in [0.5, 0.6) is 5.75 Å². The van der Waals surface area contributed by atoms with E-state index in [1.54, 1.807) is 13.8 Å². The van der Waals surface area contributed by atoms with Crippen LogP contribution in [0.2, 0.25) is 0 Å². The van der Waals surface area contributed by atoms with Gasteiger partial charge in [-0.05, 0) is 79.0 Å². The van der Waals surface area contributed by atoms with E-state index in [2.05, 4.69) is 6.58 Å². The number of allylic oxidation sites excluding steroid dienone is 2. The summed E-state index contributed by atoms with van der Waals surface area (Å²) < 4.78 is 0. The Hall–Kier alpha value is -3.19. The van der Waals surface area contributed by atoms with Crippen LogP contribution in [0.4, 0.5) is 0 Å². The Morgan fingerprint density at radius 1 is 1.05 bits per heavy atom. The molecule has 0 radical (unpaired) electrons. The van der Waals surface area contributed by atoms with Gasteiger partial charge in [-0.1, -0.05) is 53.5 Å². The molecular weight excluding hydrogens is 520 g/mol. The molecule has 0 spiro atoms. The number of carbonyl (C=O) groups excluding carboxylic acids is 3. The molecule has 7 heteroatoms. The Morgan fingerprint density at radius 3 is 2.24 bits per heavy atom. The van der Waals surface area contributed by atoms with Gasteiger partial charge in [0.25, 0.3) is 0 Å². The summed E-state index contributed by atoms with van der Waals surface area (Å²) in [6.07, 6.45) is 5.80. The molecule has 2 saturated carbocycles. The fraction of sp³-hybridized carbons (Fsp3) is 0.559. The van der Waals surface area contributed by atoms with Crippen molar-refractivity contribution in [1.82, 2.24) is 0 Å². The average molecular weight is 563 g/mol. The normalized spacial score (nSPS) is 28.6. The Morgan fingerprint density at radius 2 is 1.68 bits per heavy atom. The molecule has 7 nitrogen and oxygen atoms in total. The van der Waals surface area contributed by atoms with E-state index >= 15 is 0 Å². The van der Waals surface area contributed by atoms with Gasteiger partial charge in [0.05, 0.1) is 5.56 Å². The topological polar surface area (TPSA) is 132 Å². The Balaban J connectivity index is 1.72. The van der Waals surface area contributed by atoms with E-state index in [1.165, 1.54) is 6.42 Å². The zero-order valence-corrected chi connectivity index (χ0v) is 24.7. The van der Waals surface area contributed by atoms with Crippen molar-refractivity contribution < 1.29 is 34.8 Å². The van der Waals surface area contributed by atoms with Crippen molar-refractivity contribution in [2.45, 2.75) is 91.1 Å². The lowest BCUT2D eigenvalue weighted by Crippen LogP contribution is -2.61. The SMILES string of the molecule is C=C(c1cc(C(C)C)c2c(c1O)C(O)=C1C(=O)[C@@]3(O)C(O)=C(C(C)=O)C(=O)C(C(C)C)C3CC1C2)C1CCCCC1. The fourth-order valence-corrected chi connectivity index (χ4v) is 8.11. The standard InChI is InChI=1S/C34H42O7/c1-15(2)21-14-22(17(5)19-10-8-7-9-11-19)29(36)28-23(21)12-20-13-24-25(16(3)4)30(37)26(18(6)35)32(39)34(24,41)33(40)27(20)31(28)38/h14-16,19-20,24-25,36,38-39,41H,5,7-13H2,1-4,6H3/t20?,24?,25?,34-/m0/s1. The van der Waals surface area contributed by atoms with Crippen molar-refractivity contribution in [1.29, 1.82) is 0 Å². The highest BCUT2D eigenvalue weighted by Crippen LogP contribution is 2.56. The number of fused-ring (bicyclic) bond motifs is 3. The van der Waals surface area contributed by atoms with Crippen LogP contribution in [-0.2, 0) is 20.8 Å². The Bertz CT molecular complexity index is 1420. The van der Waals surface area contributed by atoms with E-state index in [1.807, 2.05) is 19.9 Å². The minimum Gasteiger partial charge on any atom is -0.508 e. The summed E-state index contributed by atoms with van der Waals surface area (Å²) in [5.41, 5.74) is 0.0928. The maximum absolute atomic E-state index is 14.2. The Kier molecular flexibility index (Phi) is 7.34. The second-order valence-electron chi connectivity index (χ2n) is 13.2. The number of phenols is 1. The predicted molar refractivity (Wildman–Crippen MR) is 156 cm³/mol. The number of ketones is 3. The molecule has 0 aromatic heterocycles.